The first-order valence-corrected chi connectivity index (χ1v) is 19.6. The molecular formula is C53H42N3OPt-. The summed E-state index contributed by atoms with van der Waals surface area (Å²) in [5, 5.41) is 11.7. The Morgan fingerprint density at radius 2 is 1.26 bits per heavy atom. The number of fused-ring (bicyclic) bond motifs is 10. The Hall–Kier alpha value is -6.09. The molecule has 0 aliphatic heterocycles. The summed E-state index contributed by atoms with van der Waals surface area (Å²) in [5.74, 6) is 0.948. The second kappa shape index (κ2) is 14.1. The van der Waals surface area contributed by atoms with Crippen LogP contribution in [0.1, 0.15) is 59.7 Å². The summed E-state index contributed by atoms with van der Waals surface area (Å²) in [6.07, 6.45) is 1.81. The van der Waals surface area contributed by atoms with Crippen molar-refractivity contribution in [1.82, 2.24) is 9.97 Å². The van der Waals surface area contributed by atoms with Crippen LogP contribution in [0.4, 0.5) is 17.2 Å². The van der Waals surface area contributed by atoms with Crippen LogP contribution in [0.5, 0.6) is 5.75 Å². The number of pyridine rings is 2. The maximum absolute atomic E-state index is 11.7. The van der Waals surface area contributed by atoms with Gasteiger partial charge >= 0.3 is 0 Å². The molecule has 6 aromatic carbocycles. The van der Waals surface area contributed by atoms with Crippen molar-refractivity contribution in [3.8, 4) is 50.5 Å². The van der Waals surface area contributed by atoms with Crippen LogP contribution in [0.25, 0.3) is 44.8 Å². The molecule has 8 aromatic rings. The molecule has 286 valence electrons. The molecule has 0 unspecified atom stereocenters. The predicted molar refractivity (Wildman–Crippen MR) is 233 cm³/mol. The van der Waals surface area contributed by atoms with Crippen LogP contribution in [-0.2, 0) is 31.9 Å². The monoisotopic (exact) mass is 931 g/mol. The molecule has 2 aromatic heterocycles. The maximum atomic E-state index is 11.7. The topological polar surface area (TPSA) is 49.2 Å². The summed E-state index contributed by atoms with van der Waals surface area (Å²) in [4.78, 5) is 12.4. The third-order valence-corrected chi connectivity index (χ3v) is 11.9. The molecule has 5 heteroatoms. The van der Waals surface area contributed by atoms with Crippen molar-refractivity contribution in [2.45, 2.75) is 45.4 Å². The molecule has 2 heterocycles. The van der Waals surface area contributed by atoms with Gasteiger partial charge in [0.05, 0.1) is 11.1 Å². The van der Waals surface area contributed by atoms with E-state index in [2.05, 4.69) is 166 Å². The van der Waals surface area contributed by atoms with Crippen molar-refractivity contribution in [1.29, 1.82) is 0 Å². The number of anilines is 3. The van der Waals surface area contributed by atoms with Crippen molar-refractivity contribution in [2.75, 3.05) is 4.90 Å². The third-order valence-electron chi connectivity index (χ3n) is 11.9. The molecule has 0 atom stereocenters. The number of aromatic nitrogens is 2. The standard InChI is InChI=1S/C53H42N3O.Pt/c1-33-30-37(52(3,4)5)31-34(2)49(33)35-23-25-38(26-24-35)56(39-15-12-14-36(32-39)46-21-10-11-29-54-46)48-28-27-45-51(55-48)50-44(20-13-22-47(50)57)53(45)42-18-8-6-16-40(42)41-17-7-9-19-43(41)53;/h6-31,57H,1-5H3;/q-1;. The molecule has 1 N–H and O–H groups in total. The molecule has 0 saturated carbocycles. The maximum Gasteiger partial charge on any atom is 0.136 e. The van der Waals surface area contributed by atoms with E-state index in [1.807, 2.05) is 36.5 Å². The molecular weight excluding hydrogens is 890 g/mol. The molecule has 10 rings (SSSR count). The van der Waals surface area contributed by atoms with Gasteiger partial charge in [-0.2, -0.15) is 0 Å². The SMILES string of the molecule is Cc1cc(C(C)(C)C)cc(C)c1-c1ccc(N(c2[c-]c(-c3ccccn3)ccc2)c2ccc3c(n2)-c2c(O)cccc2C32c3ccccc3-c3ccccc32)cc1.[Pt]. The minimum atomic E-state index is -0.613. The molecule has 2 aliphatic carbocycles. The van der Waals surface area contributed by atoms with E-state index in [9.17, 15) is 5.11 Å². The second-order valence-corrected chi connectivity index (χ2v) is 16.4. The van der Waals surface area contributed by atoms with E-state index in [1.165, 1.54) is 50.1 Å². The summed E-state index contributed by atoms with van der Waals surface area (Å²) in [5.41, 5.74) is 17.8. The number of hydrogen-bond donors (Lipinski definition) is 1. The van der Waals surface area contributed by atoms with E-state index < -0.39 is 5.41 Å². The number of aryl methyl sites for hydroxylation is 2. The number of nitrogens with zero attached hydrogens (tertiary/aromatic N) is 3. The molecule has 0 radical (unpaired) electrons. The predicted octanol–water partition coefficient (Wildman–Crippen LogP) is 13.0. The van der Waals surface area contributed by atoms with E-state index >= 15 is 0 Å². The average Bonchev–Trinajstić information content (AvgIpc) is 3.69. The fourth-order valence-electron chi connectivity index (χ4n) is 9.41. The van der Waals surface area contributed by atoms with Crippen LogP contribution in [0, 0.1) is 19.9 Å². The summed E-state index contributed by atoms with van der Waals surface area (Å²) >= 11 is 0. The number of benzene rings is 6. The van der Waals surface area contributed by atoms with Gasteiger partial charge in [0.15, 0.2) is 0 Å². The second-order valence-electron chi connectivity index (χ2n) is 16.4. The van der Waals surface area contributed by atoms with Crippen LogP contribution >= 0.6 is 0 Å². The van der Waals surface area contributed by atoms with Crippen molar-refractivity contribution < 1.29 is 26.2 Å². The number of aromatic hydroxyl groups is 1. The van der Waals surface area contributed by atoms with Gasteiger partial charge in [-0.15, -0.1) is 29.8 Å². The molecule has 2 aliphatic rings. The molecule has 4 nitrogen and oxygen atoms in total. The molecule has 58 heavy (non-hydrogen) atoms. The summed E-state index contributed by atoms with van der Waals surface area (Å²) in [7, 11) is 0. The zero-order valence-electron chi connectivity index (χ0n) is 33.1. The zero-order valence-corrected chi connectivity index (χ0v) is 35.4. The van der Waals surface area contributed by atoms with Crippen molar-refractivity contribution in [3.05, 3.63) is 203 Å². The fraction of sp³-hybridized carbons (Fsp3) is 0.132. The summed E-state index contributed by atoms with van der Waals surface area (Å²) in [6, 6.07) is 56.8. The summed E-state index contributed by atoms with van der Waals surface area (Å²) < 4.78 is 0. The van der Waals surface area contributed by atoms with Gasteiger partial charge in [-0.25, -0.2) is 4.98 Å². The van der Waals surface area contributed by atoms with Gasteiger partial charge in [0.25, 0.3) is 0 Å². The fourth-order valence-corrected chi connectivity index (χ4v) is 9.41. The zero-order chi connectivity index (χ0) is 39.1. The van der Waals surface area contributed by atoms with Gasteiger partial charge in [-0.1, -0.05) is 124 Å². The van der Waals surface area contributed by atoms with Gasteiger partial charge < -0.3 is 15.0 Å². The normalized spacial score (nSPS) is 13.0. The summed E-state index contributed by atoms with van der Waals surface area (Å²) in [6.45, 7) is 11.2. The first kappa shape index (κ1) is 37.5. The van der Waals surface area contributed by atoms with Crippen molar-refractivity contribution in [2.24, 2.45) is 0 Å². The number of hydrogen-bond acceptors (Lipinski definition) is 4. The first-order valence-electron chi connectivity index (χ1n) is 19.6. The first-order chi connectivity index (χ1) is 27.6. The van der Waals surface area contributed by atoms with E-state index in [-0.39, 0.29) is 32.2 Å². The van der Waals surface area contributed by atoms with E-state index in [4.69, 9.17) is 4.98 Å². The Morgan fingerprint density at radius 1 is 0.621 bits per heavy atom. The van der Waals surface area contributed by atoms with Crippen LogP contribution in [-0.4, -0.2) is 15.1 Å². The van der Waals surface area contributed by atoms with Crippen molar-refractivity contribution >= 4 is 17.2 Å². The minimum Gasteiger partial charge on any atom is -0.507 e. The van der Waals surface area contributed by atoms with Gasteiger partial charge in [0.2, 0.25) is 0 Å². The molecule has 0 saturated heterocycles. The van der Waals surface area contributed by atoms with Gasteiger partial charge in [-0.3, -0.25) is 0 Å². The van der Waals surface area contributed by atoms with Crippen LogP contribution in [0.3, 0.4) is 0 Å². The smallest absolute Gasteiger partial charge is 0.136 e. The van der Waals surface area contributed by atoms with Gasteiger partial charge in [-0.05, 0) is 122 Å². The Kier molecular flexibility index (Phi) is 9.10. The molecule has 0 bridgehead atoms. The quantitative estimate of drug-likeness (QED) is 0.175. The van der Waals surface area contributed by atoms with Crippen LogP contribution in [0.2, 0.25) is 0 Å². The van der Waals surface area contributed by atoms with Crippen LogP contribution in [0.15, 0.2) is 158 Å². The Morgan fingerprint density at radius 3 is 1.91 bits per heavy atom. The van der Waals surface area contributed by atoms with Gasteiger partial charge in [0.1, 0.15) is 11.6 Å². The number of phenolic OH excluding ortho intramolecular Hbond substituents is 1. The Labute approximate surface area is 355 Å². The van der Waals surface area contributed by atoms with E-state index in [0.717, 1.165) is 50.8 Å². The Balaban J connectivity index is 0.00000436. The molecule has 0 amide bonds. The largest absolute Gasteiger partial charge is 0.507 e. The van der Waals surface area contributed by atoms with Crippen molar-refractivity contribution in [3.63, 3.8) is 0 Å². The van der Waals surface area contributed by atoms with Crippen LogP contribution < -0.4 is 4.90 Å². The number of phenols is 1. The van der Waals surface area contributed by atoms with Gasteiger partial charge in [0, 0.05) is 38.5 Å². The van der Waals surface area contributed by atoms with E-state index in [0.29, 0.717) is 0 Å². The number of rotatable bonds is 5. The molecule has 0 fully saturated rings. The molecule has 1 spiro atoms. The third kappa shape index (κ3) is 5.69. The minimum absolute atomic E-state index is 0. The average molecular weight is 932 g/mol. The Bertz CT molecular complexity index is 2810. The van der Waals surface area contributed by atoms with E-state index in [1.54, 1.807) is 6.07 Å².